The van der Waals surface area contributed by atoms with E-state index >= 15 is 0 Å². The van der Waals surface area contributed by atoms with Gasteiger partial charge in [-0.2, -0.15) is 0 Å². The first-order valence-electron chi connectivity index (χ1n) is 9.93. The number of likely N-dealkylation sites (N-methyl/N-ethyl adjacent to an activating group) is 1. The third kappa shape index (κ3) is 5.88. The van der Waals surface area contributed by atoms with Crippen molar-refractivity contribution in [2.45, 2.75) is 16.2 Å². The second-order valence-corrected chi connectivity index (χ2v) is 8.40. The van der Waals surface area contributed by atoms with Crippen molar-refractivity contribution in [1.29, 1.82) is 0 Å². The lowest BCUT2D eigenvalue weighted by atomic mass is 10.1. The normalized spacial score (nSPS) is 12.9. The van der Waals surface area contributed by atoms with Crippen LogP contribution in [0.4, 0.5) is 0 Å². The van der Waals surface area contributed by atoms with E-state index in [1.165, 1.54) is 0 Å². The number of nitrogens with zero attached hydrogens (tertiary/aromatic N) is 1. The highest BCUT2D eigenvalue weighted by Gasteiger charge is 2.23. The second kappa shape index (κ2) is 10.9. The fourth-order valence-corrected chi connectivity index (χ4v) is 4.32. The topological polar surface area (TPSA) is 41.6 Å². The Morgan fingerprint density at radius 1 is 0.900 bits per heavy atom. The SMILES string of the molecule is COc1ccc(C(CNC(=O)C(Sc2ccccc2)c2ccccc2)N(C)C)cc1. The van der Waals surface area contributed by atoms with Crippen LogP contribution in [-0.2, 0) is 4.79 Å². The molecule has 5 heteroatoms. The third-order valence-corrected chi connectivity index (χ3v) is 6.20. The predicted octanol–water partition coefficient (Wildman–Crippen LogP) is 4.95. The number of benzene rings is 3. The molecule has 0 spiro atoms. The molecule has 30 heavy (non-hydrogen) atoms. The summed E-state index contributed by atoms with van der Waals surface area (Å²) in [5, 5.41) is 2.86. The number of ether oxygens (including phenoxy) is 1. The Labute approximate surface area is 183 Å². The van der Waals surface area contributed by atoms with E-state index in [1.807, 2.05) is 99.0 Å². The Morgan fingerprint density at radius 2 is 1.50 bits per heavy atom. The molecule has 0 saturated carbocycles. The van der Waals surface area contributed by atoms with Crippen molar-refractivity contribution in [2.75, 3.05) is 27.7 Å². The summed E-state index contributed by atoms with van der Waals surface area (Å²) in [6.45, 7) is 0.525. The molecule has 3 aromatic carbocycles. The zero-order chi connectivity index (χ0) is 21.3. The van der Waals surface area contributed by atoms with Crippen molar-refractivity contribution < 1.29 is 9.53 Å². The maximum atomic E-state index is 13.2. The molecule has 0 bridgehead atoms. The van der Waals surface area contributed by atoms with Gasteiger partial charge in [-0.3, -0.25) is 4.79 Å². The smallest absolute Gasteiger partial charge is 0.238 e. The fourth-order valence-electron chi connectivity index (χ4n) is 3.25. The molecule has 3 rings (SSSR count). The number of carbonyl (C=O) groups excluding carboxylic acids is 1. The quantitative estimate of drug-likeness (QED) is 0.498. The van der Waals surface area contributed by atoms with Crippen molar-refractivity contribution in [3.05, 3.63) is 96.1 Å². The molecule has 1 N–H and O–H groups in total. The van der Waals surface area contributed by atoms with Gasteiger partial charge in [-0.15, -0.1) is 11.8 Å². The largest absolute Gasteiger partial charge is 0.497 e. The molecule has 0 heterocycles. The lowest BCUT2D eigenvalue weighted by Gasteiger charge is -2.26. The summed E-state index contributed by atoms with van der Waals surface area (Å²) in [5.41, 5.74) is 2.13. The molecule has 0 fully saturated rings. The Bertz CT molecular complexity index is 915. The summed E-state index contributed by atoms with van der Waals surface area (Å²) in [7, 11) is 5.70. The van der Waals surface area contributed by atoms with Crippen LogP contribution >= 0.6 is 11.8 Å². The lowest BCUT2D eigenvalue weighted by Crippen LogP contribution is -2.36. The highest BCUT2D eigenvalue weighted by molar-refractivity contribution is 8.00. The highest BCUT2D eigenvalue weighted by atomic mass is 32.2. The van der Waals surface area contributed by atoms with E-state index in [0.29, 0.717) is 6.54 Å². The van der Waals surface area contributed by atoms with E-state index < -0.39 is 0 Å². The van der Waals surface area contributed by atoms with Crippen molar-refractivity contribution in [1.82, 2.24) is 10.2 Å². The van der Waals surface area contributed by atoms with Gasteiger partial charge in [-0.1, -0.05) is 60.7 Å². The monoisotopic (exact) mass is 420 g/mol. The van der Waals surface area contributed by atoms with Gasteiger partial charge in [-0.25, -0.2) is 0 Å². The first-order chi connectivity index (χ1) is 14.6. The van der Waals surface area contributed by atoms with Crippen LogP contribution in [0, 0.1) is 0 Å². The molecule has 2 atom stereocenters. The van der Waals surface area contributed by atoms with Crippen LogP contribution < -0.4 is 10.1 Å². The zero-order valence-electron chi connectivity index (χ0n) is 17.6. The third-order valence-electron chi connectivity index (χ3n) is 4.93. The van der Waals surface area contributed by atoms with Crippen LogP contribution in [0.1, 0.15) is 22.4 Å². The molecular weight excluding hydrogens is 392 g/mol. The Morgan fingerprint density at radius 3 is 2.07 bits per heavy atom. The van der Waals surface area contributed by atoms with Crippen LogP contribution in [0.3, 0.4) is 0 Å². The summed E-state index contributed by atoms with van der Waals surface area (Å²) in [5.74, 6) is 0.833. The molecule has 1 amide bonds. The molecule has 3 aromatic rings. The molecule has 0 radical (unpaired) electrons. The molecular formula is C25H28N2O2S. The average Bonchev–Trinajstić information content (AvgIpc) is 2.79. The summed E-state index contributed by atoms with van der Waals surface area (Å²) < 4.78 is 5.26. The molecule has 0 aliphatic carbocycles. The van der Waals surface area contributed by atoms with Crippen LogP contribution in [0.2, 0.25) is 0 Å². The minimum atomic E-state index is -0.313. The van der Waals surface area contributed by atoms with Crippen molar-refractivity contribution >= 4 is 17.7 Å². The molecule has 0 saturated heterocycles. The molecule has 4 nitrogen and oxygen atoms in total. The standard InChI is InChI=1S/C25H28N2O2S/c1-27(2)23(19-14-16-21(29-3)17-15-19)18-26-25(28)24(20-10-6-4-7-11-20)30-22-12-8-5-9-13-22/h4-17,23-24H,18H2,1-3H3,(H,26,28). The van der Waals surface area contributed by atoms with Gasteiger partial charge in [0, 0.05) is 11.4 Å². The van der Waals surface area contributed by atoms with E-state index in [9.17, 15) is 4.79 Å². The van der Waals surface area contributed by atoms with Gasteiger partial charge in [-0.05, 0) is 49.5 Å². The maximum absolute atomic E-state index is 13.2. The van der Waals surface area contributed by atoms with E-state index in [2.05, 4.69) is 10.2 Å². The summed E-state index contributed by atoms with van der Waals surface area (Å²) >= 11 is 1.57. The first kappa shape index (κ1) is 21.9. The van der Waals surface area contributed by atoms with E-state index in [-0.39, 0.29) is 17.2 Å². The number of rotatable bonds is 9. The van der Waals surface area contributed by atoms with Gasteiger partial charge in [0.15, 0.2) is 0 Å². The molecule has 156 valence electrons. The molecule has 0 aliphatic heterocycles. The number of hydrogen-bond acceptors (Lipinski definition) is 4. The number of amides is 1. The second-order valence-electron chi connectivity index (χ2n) is 7.22. The number of nitrogens with one attached hydrogen (secondary N) is 1. The maximum Gasteiger partial charge on any atom is 0.238 e. The predicted molar refractivity (Wildman–Crippen MR) is 124 cm³/mol. The van der Waals surface area contributed by atoms with Gasteiger partial charge in [0.1, 0.15) is 11.0 Å². The van der Waals surface area contributed by atoms with Crippen molar-refractivity contribution in [3.63, 3.8) is 0 Å². The van der Waals surface area contributed by atoms with Gasteiger partial charge in [0.2, 0.25) is 5.91 Å². The van der Waals surface area contributed by atoms with Crippen LogP contribution in [0.5, 0.6) is 5.75 Å². The molecule has 2 unspecified atom stereocenters. The lowest BCUT2D eigenvalue weighted by molar-refractivity contribution is -0.120. The average molecular weight is 421 g/mol. The van der Waals surface area contributed by atoms with Crippen LogP contribution in [-0.4, -0.2) is 38.6 Å². The number of carbonyl (C=O) groups is 1. The Balaban J connectivity index is 1.75. The number of hydrogen-bond donors (Lipinski definition) is 1. The van der Waals surface area contributed by atoms with Crippen LogP contribution in [0.25, 0.3) is 0 Å². The number of methoxy groups -OCH3 is 1. The minimum Gasteiger partial charge on any atom is -0.497 e. The van der Waals surface area contributed by atoms with Gasteiger partial charge < -0.3 is 15.0 Å². The zero-order valence-corrected chi connectivity index (χ0v) is 18.4. The van der Waals surface area contributed by atoms with Crippen molar-refractivity contribution in [3.8, 4) is 5.75 Å². The fraction of sp³-hybridized carbons (Fsp3) is 0.240. The van der Waals surface area contributed by atoms with Crippen LogP contribution in [0.15, 0.2) is 89.8 Å². The minimum absolute atomic E-state index is 0.00964. The summed E-state index contributed by atoms with van der Waals surface area (Å²) in [6.07, 6.45) is 0. The molecule has 0 aliphatic rings. The first-order valence-corrected chi connectivity index (χ1v) is 10.8. The van der Waals surface area contributed by atoms with E-state index in [0.717, 1.165) is 21.8 Å². The van der Waals surface area contributed by atoms with E-state index in [1.54, 1.807) is 18.9 Å². The van der Waals surface area contributed by atoms with E-state index in [4.69, 9.17) is 4.74 Å². The number of thioether (sulfide) groups is 1. The molecule has 0 aromatic heterocycles. The summed E-state index contributed by atoms with van der Waals surface area (Å²) in [4.78, 5) is 16.4. The van der Waals surface area contributed by atoms with Gasteiger partial charge in [0.05, 0.1) is 13.2 Å². The van der Waals surface area contributed by atoms with Crippen molar-refractivity contribution in [2.24, 2.45) is 0 Å². The highest BCUT2D eigenvalue weighted by Crippen LogP contribution is 2.35. The van der Waals surface area contributed by atoms with Gasteiger partial charge in [0.25, 0.3) is 0 Å². The summed E-state index contributed by atoms with van der Waals surface area (Å²) in [6, 6.07) is 28.0. The Kier molecular flexibility index (Phi) is 7.94. The van der Waals surface area contributed by atoms with Gasteiger partial charge >= 0.3 is 0 Å². The Hall–Kier alpha value is -2.76.